The molecule has 0 amide bonds. The molecule has 0 aliphatic rings. The molecule has 16 heavy (non-hydrogen) atoms. The second-order valence-corrected chi connectivity index (χ2v) is 4.07. The SMILES string of the molecule is CCCOc1ccc(CN(C)C)cc1OC. The zero-order valence-electron chi connectivity index (χ0n) is 10.6. The molecule has 3 nitrogen and oxygen atoms in total. The van der Waals surface area contributed by atoms with Crippen LogP contribution in [0.5, 0.6) is 11.5 Å². The Morgan fingerprint density at radius 2 is 1.94 bits per heavy atom. The second kappa shape index (κ2) is 6.38. The first-order valence-corrected chi connectivity index (χ1v) is 5.61. The summed E-state index contributed by atoms with van der Waals surface area (Å²) >= 11 is 0. The first kappa shape index (κ1) is 12.8. The van der Waals surface area contributed by atoms with Gasteiger partial charge < -0.3 is 14.4 Å². The van der Waals surface area contributed by atoms with Gasteiger partial charge in [-0.05, 0) is 38.2 Å². The van der Waals surface area contributed by atoms with Crippen molar-refractivity contribution in [2.24, 2.45) is 0 Å². The molecule has 90 valence electrons. The summed E-state index contributed by atoms with van der Waals surface area (Å²) in [6.45, 7) is 3.72. The lowest BCUT2D eigenvalue weighted by Crippen LogP contribution is -2.10. The van der Waals surface area contributed by atoms with Crippen LogP contribution in [0.15, 0.2) is 18.2 Å². The van der Waals surface area contributed by atoms with Crippen molar-refractivity contribution < 1.29 is 9.47 Å². The van der Waals surface area contributed by atoms with Crippen LogP contribution in [0.4, 0.5) is 0 Å². The van der Waals surface area contributed by atoms with Gasteiger partial charge in [0.15, 0.2) is 11.5 Å². The minimum absolute atomic E-state index is 0.726. The lowest BCUT2D eigenvalue weighted by Gasteiger charge is -2.14. The highest BCUT2D eigenvalue weighted by atomic mass is 16.5. The van der Waals surface area contributed by atoms with Crippen LogP contribution < -0.4 is 9.47 Å². The molecule has 0 aliphatic carbocycles. The predicted octanol–water partition coefficient (Wildman–Crippen LogP) is 2.55. The van der Waals surface area contributed by atoms with Crippen molar-refractivity contribution >= 4 is 0 Å². The lowest BCUT2D eigenvalue weighted by atomic mass is 10.2. The smallest absolute Gasteiger partial charge is 0.161 e. The van der Waals surface area contributed by atoms with E-state index in [0.717, 1.165) is 31.1 Å². The molecule has 0 radical (unpaired) electrons. The molecular weight excluding hydrogens is 202 g/mol. The third-order valence-electron chi connectivity index (χ3n) is 2.19. The summed E-state index contributed by atoms with van der Waals surface area (Å²) in [4.78, 5) is 2.13. The largest absolute Gasteiger partial charge is 0.493 e. The van der Waals surface area contributed by atoms with Gasteiger partial charge in [-0.25, -0.2) is 0 Å². The van der Waals surface area contributed by atoms with Crippen LogP contribution in [-0.4, -0.2) is 32.7 Å². The third-order valence-corrected chi connectivity index (χ3v) is 2.19. The summed E-state index contributed by atoms with van der Waals surface area (Å²) in [6.07, 6.45) is 1.00. The van der Waals surface area contributed by atoms with Gasteiger partial charge >= 0.3 is 0 Å². The first-order valence-electron chi connectivity index (χ1n) is 5.61. The zero-order chi connectivity index (χ0) is 12.0. The topological polar surface area (TPSA) is 21.7 Å². The van der Waals surface area contributed by atoms with Gasteiger partial charge in [0, 0.05) is 6.54 Å². The van der Waals surface area contributed by atoms with E-state index in [-0.39, 0.29) is 0 Å². The van der Waals surface area contributed by atoms with Crippen molar-refractivity contribution in [2.45, 2.75) is 19.9 Å². The summed E-state index contributed by atoms with van der Waals surface area (Å²) in [6, 6.07) is 6.09. The van der Waals surface area contributed by atoms with Crippen molar-refractivity contribution in [1.82, 2.24) is 4.90 Å². The molecule has 0 saturated carbocycles. The van der Waals surface area contributed by atoms with Crippen molar-refractivity contribution in [3.63, 3.8) is 0 Å². The summed E-state index contributed by atoms with van der Waals surface area (Å²) in [5.74, 6) is 1.64. The molecule has 1 aromatic rings. The van der Waals surface area contributed by atoms with E-state index in [2.05, 4.69) is 17.9 Å². The van der Waals surface area contributed by atoms with Crippen molar-refractivity contribution in [1.29, 1.82) is 0 Å². The van der Waals surface area contributed by atoms with Gasteiger partial charge in [-0.1, -0.05) is 13.0 Å². The standard InChI is InChI=1S/C13H21NO2/c1-5-8-16-12-7-6-11(10-14(2)3)9-13(12)15-4/h6-7,9H,5,8,10H2,1-4H3. The van der Waals surface area contributed by atoms with Crippen LogP contribution >= 0.6 is 0 Å². The Kier molecular flexibility index (Phi) is 5.12. The fraction of sp³-hybridized carbons (Fsp3) is 0.538. The quantitative estimate of drug-likeness (QED) is 0.739. The Bertz CT molecular complexity index is 324. The molecule has 1 aromatic carbocycles. The molecule has 0 unspecified atom stereocenters. The van der Waals surface area contributed by atoms with E-state index in [9.17, 15) is 0 Å². The van der Waals surface area contributed by atoms with Crippen LogP contribution in [0.2, 0.25) is 0 Å². The first-order chi connectivity index (χ1) is 7.67. The van der Waals surface area contributed by atoms with Crippen LogP contribution in [0, 0.1) is 0 Å². The third kappa shape index (κ3) is 3.74. The van der Waals surface area contributed by atoms with E-state index in [1.807, 2.05) is 26.2 Å². The van der Waals surface area contributed by atoms with Gasteiger partial charge in [0.25, 0.3) is 0 Å². The highest BCUT2D eigenvalue weighted by molar-refractivity contribution is 5.42. The number of ether oxygens (including phenoxy) is 2. The van der Waals surface area contributed by atoms with Gasteiger partial charge in [-0.3, -0.25) is 0 Å². The van der Waals surface area contributed by atoms with E-state index >= 15 is 0 Å². The summed E-state index contributed by atoms with van der Waals surface area (Å²) in [5.41, 5.74) is 1.23. The second-order valence-electron chi connectivity index (χ2n) is 4.07. The molecule has 0 saturated heterocycles. The predicted molar refractivity (Wildman–Crippen MR) is 66.2 cm³/mol. The average molecular weight is 223 g/mol. The lowest BCUT2D eigenvalue weighted by molar-refractivity contribution is 0.293. The molecule has 0 fully saturated rings. The highest BCUT2D eigenvalue weighted by Crippen LogP contribution is 2.28. The minimum atomic E-state index is 0.726. The molecular formula is C13H21NO2. The molecule has 0 N–H and O–H groups in total. The number of methoxy groups -OCH3 is 1. The molecule has 0 atom stereocenters. The highest BCUT2D eigenvalue weighted by Gasteiger charge is 2.05. The molecule has 3 heteroatoms. The molecule has 0 aromatic heterocycles. The van der Waals surface area contributed by atoms with E-state index in [1.165, 1.54) is 5.56 Å². The van der Waals surface area contributed by atoms with Crippen LogP contribution in [0.25, 0.3) is 0 Å². The van der Waals surface area contributed by atoms with Crippen LogP contribution in [-0.2, 0) is 6.54 Å². The molecule has 0 bridgehead atoms. The maximum atomic E-state index is 5.60. The normalized spacial score (nSPS) is 10.6. The minimum Gasteiger partial charge on any atom is -0.493 e. The summed E-state index contributed by atoms with van der Waals surface area (Å²) in [5, 5.41) is 0. The van der Waals surface area contributed by atoms with Crippen molar-refractivity contribution in [3.05, 3.63) is 23.8 Å². The average Bonchev–Trinajstić information content (AvgIpc) is 2.26. The van der Waals surface area contributed by atoms with Gasteiger partial charge in [0.05, 0.1) is 13.7 Å². The van der Waals surface area contributed by atoms with Crippen LogP contribution in [0.1, 0.15) is 18.9 Å². The van der Waals surface area contributed by atoms with E-state index < -0.39 is 0 Å². The molecule has 0 aliphatic heterocycles. The van der Waals surface area contributed by atoms with Crippen LogP contribution in [0.3, 0.4) is 0 Å². The Morgan fingerprint density at radius 3 is 2.50 bits per heavy atom. The fourth-order valence-electron chi connectivity index (χ4n) is 1.51. The Morgan fingerprint density at radius 1 is 1.19 bits per heavy atom. The van der Waals surface area contributed by atoms with E-state index in [0.29, 0.717) is 0 Å². The van der Waals surface area contributed by atoms with Gasteiger partial charge in [-0.15, -0.1) is 0 Å². The Hall–Kier alpha value is -1.22. The zero-order valence-corrected chi connectivity index (χ0v) is 10.6. The number of hydrogen-bond donors (Lipinski definition) is 0. The van der Waals surface area contributed by atoms with Gasteiger partial charge in [0.1, 0.15) is 0 Å². The van der Waals surface area contributed by atoms with E-state index in [4.69, 9.17) is 9.47 Å². The number of benzene rings is 1. The molecule has 1 rings (SSSR count). The maximum absolute atomic E-state index is 5.60. The monoisotopic (exact) mass is 223 g/mol. The van der Waals surface area contributed by atoms with Gasteiger partial charge in [-0.2, -0.15) is 0 Å². The molecule has 0 spiro atoms. The molecule has 0 heterocycles. The Balaban J connectivity index is 2.79. The number of rotatable bonds is 6. The number of nitrogens with zero attached hydrogens (tertiary/aromatic N) is 1. The number of hydrogen-bond acceptors (Lipinski definition) is 3. The van der Waals surface area contributed by atoms with Crippen molar-refractivity contribution in [2.75, 3.05) is 27.8 Å². The maximum Gasteiger partial charge on any atom is 0.161 e. The van der Waals surface area contributed by atoms with Gasteiger partial charge in [0.2, 0.25) is 0 Å². The summed E-state index contributed by atoms with van der Waals surface area (Å²) < 4.78 is 10.9. The van der Waals surface area contributed by atoms with E-state index in [1.54, 1.807) is 7.11 Å². The van der Waals surface area contributed by atoms with Crippen molar-refractivity contribution in [3.8, 4) is 11.5 Å². The Labute approximate surface area is 98.0 Å². The fourth-order valence-corrected chi connectivity index (χ4v) is 1.51. The summed E-state index contributed by atoms with van der Waals surface area (Å²) in [7, 11) is 5.77.